The van der Waals surface area contributed by atoms with E-state index >= 15 is 0 Å². The van der Waals surface area contributed by atoms with E-state index in [2.05, 4.69) is 6.92 Å². The van der Waals surface area contributed by atoms with E-state index in [1.807, 2.05) is 0 Å². The number of aliphatic hydroxyl groups is 1. The summed E-state index contributed by atoms with van der Waals surface area (Å²) in [4.78, 5) is 24.4. The lowest BCUT2D eigenvalue weighted by Gasteiger charge is -2.24. The van der Waals surface area contributed by atoms with Crippen molar-refractivity contribution in [1.82, 2.24) is 4.90 Å². The van der Waals surface area contributed by atoms with Crippen molar-refractivity contribution in [2.45, 2.75) is 52.4 Å². The molecule has 0 radical (unpaired) electrons. The number of carbonyl (C=O) groups excluding carboxylic acids is 1. The SMILES string of the molecule is CCCCCCCN(CCCO)C(=O)C(C)C(=O)O. The third kappa shape index (κ3) is 7.82. The normalized spacial score (nSPS) is 12.2. The van der Waals surface area contributed by atoms with Crippen molar-refractivity contribution in [2.75, 3.05) is 19.7 Å². The zero-order valence-corrected chi connectivity index (χ0v) is 12.1. The molecule has 0 fully saturated rings. The number of nitrogens with zero attached hydrogens (tertiary/aromatic N) is 1. The number of carbonyl (C=O) groups is 2. The van der Waals surface area contributed by atoms with Crippen LogP contribution in [0.5, 0.6) is 0 Å². The molecule has 1 unspecified atom stereocenters. The molecule has 1 amide bonds. The summed E-state index contributed by atoms with van der Waals surface area (Å²) in [5, 5.41) is 17.7. The Labute approximate surface area is 115 Å². The smallest absolute Gasteiger partial charge is 0.315 e. The highest BCUT2D eigenvalue weighted by Crippen LogP contribution is 2.08. The molecule has 0 heterocycles. The summed E-state index contributed by atoms with van der Waals surface area (Å²) in [6.45, 7) is 4.58. The van der Waals surface area contributed by atoms with Crippen LogP contribution in [0.2, 0.25) is 0 Å². The van der Waals surface area contributed by atoms with Gasteiger partial charge in [-0.25, -0.2) is 0 Å². The fourth-order valence-electron chi connectivity index (χ4n) is 1.88. The van der Waals surface area contributed by atoms with Crippen LogP contribution in [-0.2, 0) is 9.59 Å². The summed E-state index contributed by atoms with van der Waals surface area (Å²) in [5.74, 6) is -2.45. The largest absolute Gasteiger partial charge is 0.481 e. The van der Waals surface area contributed by atoms with E-state index in [1.54, 1.807) is 4.90 Å². The molecule has 0 rings (SSSR count). The van der Waals surface area contributed by atoms with E-state index in [0.717, 1.165) is 19.3 Å². The van der Waals surface area contributed by atoms with Gasteiger partial charge >= 0.3 is 5.97 Å². The Morgan fingerprint density at radius 3 is 2.16 bits per heavy atom. The number of aliphatic hydroxyl groups excluding tert-OH is 1. The minimum Gasteiger partial charge on any atom is -0.481 e. The van der Waals surface area contributed by atoms with E-state index in [1.165, 1.54) is 19.8 Å². The molecule has 0 aliphatic heterocycles. The van der Waals surface area contributed by atoms with E-state index in [9.17, 15) is 9.59 Å². The minimum atomic E-state index is -1.09. The molecule has 0 aliphatic rings. The number of carboxylic acid groups (broad SMARTS) is 1. The van der Waals surface area contributed by atoms with Gasteiger partial charge in [-0.2, -0.15) is 0 Å². The van der Waals surface area contributed by atoms with Gasteiger partial charge in [0.1, 0.15) is 5.92 Å². The predicted molar refractivity (Wildman–Crippen MR) is 73.8 cm³/mol. The Hall–Kier alpha value is -1.10. The van der Waals surface area contributed by atoms with Crippen molar-refractivity contribution >= 4 is 11.9 Å². The van der Waals surface area contributed by atoms with Crippen LogP contribution in [-0.4, -0.2) is 46.7 Å². The number of amides is 1. The van der Waals surface area contributed by atoms with Crippen LogP contribution in [0.3, 0.4) is 0 Å². The highest BCUT2D eigenvalue weighted by Gasteiger charge is 2.25. The molecule has 19 heavy (non-hydrogen) atoms. The molecule has 5 heteroatoms. The molecule has 2 N–H and O–H groups in total. The fraction of sp³-hybridized carbons (Fsp3) is 0.857. The van der Waals surface area contributed by atoms with Gasteiger partial charge in [-0.3, -0.25) is 9.59 Å². The van der Waals surface area contributed by atoms with Crippen LogP contribution in [0.15, 0.2) is 0 Å². The standard InChI is InChI=1S/C14H27NO4/c1-3-4-5-6-7-9-15(10-8-11-16)13(17)12(2)14(18)19/h12,16H,3-11H2,1-2H3,(H,18,19). The molecule has 0 aromatic heterocycles. The Morgan fingerprint density at radius 2 is 1.63 bits per heavy atom. The second-order valence-corrected chi connectivity index (χ2v) is 4.88. The van der Waals surface area contributed by atoms with E-state index in [0.29, 0.717) is 19.5 Å². The first-order valence-corrected chi connectivity index (χ1v) is 7.17. The molecule has 5 nitrogen and oxygen atoms in total. The summed E-state index contributed by atoms with van der Waals surface area (Å²) >= 11 is 0. The first kappa shape index (κ1) is 17.9. The molecule has 0 aromatic carbocycles. The van der Waals surface area contributed by atoms with Crippen molar-refractivity contribution < 1.29 is 19.8 Å². The van der Waals surface area contributed by atoms with Crippen LogP contribution in [0.1, 0.15) is 52.4 Å². The molecule has 112 valence electrons. The highest BCUT2D eigenvalue weighted by molar-refractivity contribution is 5.96. The van der Waals surface area contributed by atoms with E-state index in [4.69, 9.17) is 10.2 Å². The van der Waals surface area contributed by atoms with Crippen molar-refractivity contribution in [1.29, 1.82) is 0 Å². The molecule has 0 aliphatic carbocycles. The van der Waals surface area contributed by atoms with Gasteiger partial charge < -0.3 is 15.1 Å². The third-order valence-electron chi connectivity index (χ3n) is 3.17. The van der Waals surface area contributed by atoms with Crippen molar-refractivity contribution in [3.8, 4) is 0 Å². The molecule has 0 spiro atoms. The summed E-state index contributed by atoms with van der Waals surface area (Å²) in [7, 11) is 0. The first-order valence-electron chi connectivity index (χ1n) is 7.17. The molecule has 0 saturated heterocycles. The van der Waals surface area contributed by atoms with Crippen LogP contribution < -0.4 is 0 Å². The number of rotatable bonds is 11. The highest BCUT2D eigenvalue weighted by atomic mass is 16.4. The summed E-state index contributed by atoms with van der Waals surface area (Å²) in [6.07, 6.45) is 5.95. The zero-order chi connectivity index (χ0) is 14.7. The molecule has 1 atom stereocenters. The lowest BCUT2D eigenvalue weighted by Crippen LogP contribution is -2.39. The maximum absolute atomic E-state index is 12.0. The van der Waals surface area contributed by atoms with Gasteiger partial charge in [0.05, 0.1) is 0 Å². The Balaban J connectivity index is 4.21. The summed E-state index contributed by atoms with van der Waals surface area (Å²) in [5.41, 5.74) is 0. The summed E-state index contributed by atoms with van der Waals surface area (Å²) in [6, 6.07) is 0. The number of aliphatic carboxylic acids is 1. The third-order valence-corrected chi connectivity index (χ3v) is 3.17. The Kier molecular flexibility index (Phi) is 10.2. The van der Waals surface area contributed by atoms with E-state index in [-0.39, 0.29) is 12.5 Å². The van der Waals surface area contributed by atoms with Gasteiger partial charge in [-0.15, -0.1) is 0 Å². The van der Waals surface area contributed by atoms with Crippen LogP contribution in [0.4, 0.5) is 0 Å². The molecular formula is C14H27NO4. The van der Waals surface area contributed by atoms with Crippen LogP contribution in [0.25, 0.3) is 0 Å². The minimum absolute atomic E-state index is 0.0149. The molecule has 0 aromatic rings. The van der Waals surface area contributed by atoms with Gasteiger partial charge in [-0.05, 0) is 19.8 Å². The Bertz CT molecular complexity index is 268. The second kappa shape index (κ2) is 10.8. The monoisotopic (exact) mass is 273 g/mol. The number of carboxylic acids is 1. The zero-order valence-electron chi connectivity index (χ0n) is 12.1. The van der Waals surface area contributed by atoms with Gasteiger partial charge in [0.15, 0.2) is 0 Å². The quantitative estimate of drug-likeness (QED) is 0.445. The second-order valence-electron chi connectivity index (χ2n) is 4.88. The van der Waals surface area contributed by atoms with Crippen molar-refractivity contribution in [3.63, 3.8) is 0 Å². The van der Waals surface area contributed by atoms with Gasteiger partial charge in [0.2, 0.25) is 5.91 Å². The Morgan fingerprint density at radius 1 is 1.05 bits per heavy atom. The number of hydrogen-bond donors (Lipinski definition) is 2. The van der Waals surface area contributed by atoms with E-state index < -0.39 is 11.9 Å². The van der Waals surface area contributed by atoms with Gasteiger partial charge in [0.25, 0.3) is 0 Å². The summed E-state index contributed by atoms with van der Waals surface area (Å²) < 4.78 is 0. The number of unbranched alkanes of at least 4 members (excludes halogenated alkanes) is 4. The molecular weight excluding hydrogens is 246 g/mol. The van der Waals surface area contributed by atoms with Gasteiger partial charge in [0, 0.05) is 19.7 Å². The maximum atomic E-state index is 12.0. The van der Waals surface area contributed by atoms with Crippen LogP contribution in [0, 0.1) is 5.92 Å². The lowest BCUT2D eigenvalue weighted by atomic mass is 10.1. The van der Waals surface area contributed by atoms with Gasteiger partial charge in [-0.1, -0.05) is 32.6 Å². The predicted octanol–water partition coefficient (Wildman–Crippen LogP) is 1.89. The maximum Gasteiger partial charge on any atom is 0.315 e. The molecule has 0 saturated carbocycles. The van der Waals surface area contributed by atoms with Crippen molar-refractivity contribution in [3.05, 3.63) is 0 Å². The lowest BCUT2D eigenvalue weighted by molar-refractivity contribution is -0.150. The molecule has 0 bridgehead atoms. The first-order chi connectivity index (χ1) is 9.04. The number of hydrogen-bond acceptors (Lipinski definition) is 3. The average Bonchev–Trinajstić information content (AvgIpc) is 2.40. The topological polar surface area (TPSA) is 77.8 Å². The average molecular weight is 273 g/mol. The van der Waals surface area contributed by atoms with Crippen molar-refractivity contribution in [2.24, 2.45) is 5.92 Å². The van der Waals surface area contributed by atoms with Crippen LogP contribution >= 0.6 is 0 Å². The fourth-order valence-corrected chi connectivity index (χ4v) is 1.88.